The molecule has 23 heavy (non-hydrogen) atoms. The molecule has 0 aliphatic heterocycles. The third-order valence-electron chi connectivity index (χ3n) is 3.31. The SMILES string of the molecule is C/C(=N\NC(=O)COc1ccc(Cl)cc1C)c1ccc(C)cc1. The van der Waals surface area contributed by atoms with Crippen LogP contribution < -0.4 is 10.2 Å². The largest absolute Gasteiger partial charge is 0.483 e. The maximum atomic E-state index is 11.8. The molecule has 2 rings (SSSR count). The molecule has 120 valence electrons. The Bertz CT molecular complexity index is 724. The van der Waals surface area contributed by atoms with E-state index in [0.29, 0.717) is 10.8 Å². The molecule has 0 unspecified atom stereocenters. The second-order valence-corrected chi connectivity index (χ2v) is 5.73. The lowest BCUT2D eigenvalue weighted by molar-refractivity contribution is -0.123. The molecular formula is C18H19ClN2O2. The summed E-state index contributed by atoms with van der Waals surface area (Å²) in [5.41, 5.74) is 6.25. The molecule has 0 heterocycles. The van der Waals surface area contributed by atoms with Gasteiger partial charge < -0.3 is 4.74 Å². The van der Waals surface area contributed by atoms with Gasteiger partial charge in [0.15, 0.2) is 6.61 Å². The first-order valence-corrected chi connectivity index (χ1v) is 7.62. The van der Waals surface area contributed by atoms with Gasteiger partial charge in [-0.15, -0.1) is 0 Å². The minimum absolute atomic E-state index is 0.104. The average Bonchev–Trinajstić information content (AvgIpc) is 2.52. The fourth-order valence-electron chi connectivity index (χ4n) is 1.96. The fourth-order valence-corrected chi connectivity index (χ4v) is 2.18. The maximum Gasteiger partial charge on any atom is 0.277 e. The van der Waals surface area contributed by atoms with Crippen molar-refractivity contribution in [1.82, 2.24) is 5.43 Å². The molecule has 0 bridgehead atoms. The van der Waals surface area contributed by atoms with Gasteiger partial charge in [-0.2, -0.15) is 5.10 Å². The van der Waals surface area contributed by atoms with E-state index in [-0.39, 0.29) is 12.5 Å². The number of halogens is 1. The van der Waals surface area contributed by atoms with Crippen molar-refractivity contribution < 1.29 is 9.53 Å². The molecule has 5 heteroatoms. The minimum Gasteiger partial charge on any atom is -0.483 e. The summed E-state index contributed by atoms with van der Waals surface area (Å²) in [6.45, 7) is 5.63. The number of amides is 1. The highest BCUT2D eigenvalue weighted by Crippen LogP contribution is 2.21. The predicted octanol–water partition coefficient (Wildman–Crippen LogP) is 3.88. The minimum atomic E-state index is -0.314. The van der Waals surface area contributed by atoms with Crippen molar-refractivity contribution in [3.05, 3.63) is 64.2 Å². The molecule has 0 aliphatic rings. The van der Waals surface area contributed by atoms with Crippen LogP contribution in [0.15, 0.2) is 47.6 Å². The van der Waals surface area contributed by atoms with E-state index in [1.54, 1.807) is 18.2 Å². The van der Waals surface area contributed by atoms with E-state index in [4.69, 9.17) is 16.3 Å². The zero-order chi connectivity index (χ0) is 16.8. The van der Waals surface area contributed by atoms with E-state index in [1.807, 2.05) is 45.0 Å². The van der Waals surface area contributed by atoms with Crippen molar-refractivity contribution in [1.29, 1.82) is 0 Å². The lowest BCUT2D eigenvalue weighted by atomic mass is 10.1. The van der Waals surface area contributed by atoms with Gasteiger partial charge in [0.1, 0.15) is 5.75 Å². The van der Waals surface area contributed by atoms with Crippen LogP contribution >= 0.6 is 11.6 Å². The van der Waals surface area contributed by atoms with Gasteiger partial charge in [-0.1, -0.05) is 41.4 Å². The van der Waals surface area contributed by atoms with E-state index in [0.717, 1.165) is 16.8 Å². The average molecular weight is 331 g/mol. The Morgan fingerprint density at radius 2 is 1.87 bits per heavy atom. The van der Waals surface area contributed by atoms with Crippen LogP contribution in [0.25, 0.3) is 0 Å². The van der Waals surface area contributed by atoms with Gasteiger partial charge in [0.2, 0.25) is 0 Å². The number of rotatable bonds is 5. The Balaban J connectivity index is 1.89. The number of carbonyl (C=O) groups excluding carboxylic acids is 1. The zero-order valence-electron chi connectivity index (χ0n) is 13.4. The van der Waals surface area contributed by atoms with Gasteiger partial charge in [-0.25, -0.2) is 5.43 Å². The number of nitrogens with one attached hydrogen (secondary N) is 1. The number of aryl methyl sites for hydroxylation is 2. The quantitative estimate of drug-likeness (QED) is 0.668. The molecule has 1 N–H and O–H groups in total. The Labute approximate surface area is 141 Å². The third kappa shape index (κ3) is 5.11. The molecule has 2 aromatic rings. The first kappa shape index (κ1) is 17.0. The highest BCUT2D eigenvalue weighted by molar-refractivity contribution is 6.30. The summed E-state index contributed by atoms with van der Waals surface area (Å²) in [4.78, 5) is 11.8. The van der Waals surface area contributed by atoms with Crippen molar-refractivity contribution in [2.45, 2.75) is 20.8 Å². The van der Waals surface area contributed by atoms with Crippen LogP contribution in [0.1, 0.15) is 23.6 Å². The van der Waals surface area contributed by atoms with Crippen molar-refractivity contribution in [3.63, 3.8) is 0 Å². The summed E-state index contributed by atoms with van der Waals surface area (Å²) in [6.07, 6.45) is 0. The van der Waals surface area contributed by atoms with Gasteiger partial charge in [0.05, 0.1) is 5.71 Å². The van der Waals surface area contributed by atoms with Crippen LogP contribution in [0.5, 0.6) is 5.75 Å². The number of carbonyl (C=O) groups is 1. The Morgan fingerprint density at radius 1 is 1.17 bits per heavy atom. The van der Waals surface area contributed by atoms with E-state index in [9.17, 15) is 4.79 Å². The molecule has 0 fully saturated rings. The zero-order valence-corrected chi connectivity index (χ0v) is 14.1. The molecule has 0 aliphatic carbocycles. The smallest absolute Gasteiger partial charge is 0.277 e. The Morgan fingerprint density at radius 3 is 2.52 bits per heavy atom. The van der Waals surface area contributed by atoms with Crippen molar-refractivity contribution >= 4 is 23.2 Å². The number of nitrogens with zero attached hydrogens (tertiary/aromatic N) is 1. The highest BCUT2D eigenvalue weighted by Gasteiger charge is 2.05. The molecule has 0 aromatic heterocycles. The number of hydrogen-bond donors (Lipinski definition) is 1. The molecule has 0 spiro atoms. The Hall–Kier alpha value is -2.33. The van der Waals surface area contributed by atoms with Crippen LogP contribution in [0.4, 0.5) is 0 Å². The summed E-state index contributed by atoms with van der Waals surface area (Å²) in [7, 11) is 0. The number of ether oxygens (including phenoxy) is 1. The highest BCUT2D eigenvalue weighted by atomic mass is 35.5. The van der Waals surface area contributed by atoms with Crippen LogP contribution in [-0.2, 0) is 4.79 Å². The second kappa shape index (κ2) is 7.79. The molecular weight excluding hydrogens is 312 g/mol. The fraction of sp³-hybridized carbons (Fsp3) is 0.222. The number of hydrogen-bond acceptors (Lipinski definition) is 3. The molecule has 0 radical (unpaired) electrons. The van der Waals surface area contributed by atoms with Gasteiger partial charge in [-0.3, -0.25) is 4.79 Å². The summed E-state index contributed by atoms with van der Waals surface area (Å²) >= 11 is 5.88. The summed E-state index contributed by atoms with van der Waals surface area (Å²) in [5.74, 6) is 0.314. The van der Waals surface area contributed by atoms with Crippen molar-refractivity contribution in [2.24, 2.45) is 5.10 Å². The van der Waals surface area contributed by atoms with E-state index < -0.39 is 0 Å². The second-order valence-electron chi connectivity index (χ2n) is 5.30. The number of hydrazone groups is 1. The molecule has 0 saturated heterocycles. The summed E-state index contributed by atoms with van der Waals surface area (Å²) < 4.78 is 5.47. The predicted molar refractivity (Wildman–Crippen MR) is 93.2 cm³/mol. The standard InChI is InChI=1S/C18H19ClN2O2/c1-12-4-6-15(7-5-12)14(3)20-21-18(22)11-23-17-9-8-16(19)10-13(17)2/h4-10H,11H2,1-3H3,(H,21,22)/b20-14+. The number of benzene rings is 2. The van der Waals surface area contributed by atoms with Crippen LogP contribution in [0.2, 0.25) is 5.02 Å². The van der Waals surface area contributed by atoms with Crippen molar-refractivity contribution in [3.8, 4) is 5.75 Å². The summed E-state index contributed by atoms with van der Waals surface area (Å²) in [5, 5.41) is 4.73. The van der Waals surface area contributed by atoms with Crippen LogP contribution in [0.3, 0.4) is 0 Å². The first-order valence-electron chi connectivity index (χ1n) is 7.25. The van der Waals surface area contributed by atoms with Gasteiger partial charge in [0, 0.05) is 5.02 Å². The molecule has 4 nitrogen and oxygen atoms in total. The third-order valence-corrected chi connectivity index (χ3v) is 3.55. The van der Waals surface area contributed by atoms with Crippen LogP contribution in [0, 0.1) is 13.8 Å². The van der Waals surface area contributed by atoms with Gasteiger partial charge in [-0.05, 0) is 50.1 Å². The first-order chi connectivity index (χ1) is 11.0. The Kier molecular flexibility index (Phi) is 5.77. The normalized spacial score (nSPS) is 11.2. The molecule has 0 saturated carbocycles. The van der Waals surface area contributed by atoms with E-state index in [1.165, 1.54) is 5.56 Å². The summed E-state index contributed by atoms with van der Waals surface area (Å²) in [6, 6.07) is 13.2. The lowest BCUT2D eigenvalue weighted by Crippen LogP contribution is -2.25. The van der Waals surface area contributed by atoms with Gasteiger partial charge >= 0.3 is 0 Å². The molecule has 0 atom stereocenters. The maximum absolute atomic E-state index is 11.8. The van der Waals surface area contributed by atoms with Crippen LogP contribution in [-0.4, -0.2) is 18.2 Å². The van der Waals surface area contributed by atoms with Gasteiger partial charge in [0.25, 0.3) is 5.91 Å². The monoisotopic (exact) mass is 330 g/mol. The molecule has 2 aromatic carbocycles. The lowest BCUT2D eigenvalue weighted by Gasteiger charge is -2.08. The van der Waals surface area contributed by atoms with Crippen molar-refractivity contribution in [2.75, 3.05) is 6.61 Å². The van der Waals surface area contributed by atoms with E-state index >= 15 is 0 Å². The van der Waals surface area contributed by atoms with E-state index in [2.05, 4.69) is 10.5 Å². The molecule has 1 amide bonds. The topological polar surface area (TPSA) is 50.7 Å².